The van der Waals surface area contributed by atoms with Crippen LogP contribution in [-0.2, 0) is 0 Å². The second kappa shape index (κ2) is 5.94. The molecule has 0 fully saturated rings. The van der Waals surface area contributed by atoms with Gasteiger partial charge in [-0.25, -0.2) is 0 Å². The van der Waals surface area contributed by atoms with E-state index in [2.05, 4.69) is 15.9 Å². The molecular weight excluding hydrogens is 328 g/mol. The molecule has 0 spiro atoms. The molecule has 0 aliphatic carbocycles. The Bertz CT molecular complexity index is 561. The summed E-state index contributed by atoms with van der Waals surface area (Å²) in [6.45, 7) is 2.00. The van der Waals surface area contributed by atoms with Crippen LogP contribution in [0, 0.1) is 6.92 Å². The van der Waals surface area contributed by atoms with E-state index in [-0.39, 0.29) is 0 Å². The molecule has 1 aromatic carbocycles. The Morgan fingerprint density at radius 3 is 2.47 bits per heavy atom. The van der Waals surface area contributed by atoms with Crippen molar-refractivity contribution >= 4 is 27.3 Å². The van der Waals surface area contributed by atoms with Crippen LogP contribution in [0.2, 0.25) is 0 Å². The van der Waals surface area contributed by atoms with Crippen molar-refractivity contribution < 1.29 is 14.6 Å². The fraction of sp³-hybridized carbons (Fsp3) is 0.286. The molecule has 102 valence electrons. The third-order valence-electron chi connectivity index (χ3n) is 2.88. The van der Waals surface area contributed by atoms with E-state index in [1.54, 1.807) is 20.3 Å². The first-order chi connectivity index (χ1) is 9.06. The zero-order valence-electron chi connectivity index (χ0n) is 10.9. The first-order valence-electron chi connectivity index (χ1n) is 5.72. The maximum absolute atomic E-state index is 10.5. The second-order valence-electron chi connectivity index (χ2n) is 4.12. The Hall–Kier alpha value is -1.04. The zero-order valence-corrected chi connectivity index (χ0v) is 13.3. The zero-order chi connectivity index (χ0) is 14.0. The van der Waals surface area contributed by atoms with Crippen LogP contribution in [0.25, 0.3) is 0 Å². The second-order valence-corrected chi connectivity index (χ2v) is 6.52. The summed E-state index contributed by atoms with van der Waals surface area (Å²) < 4.78 is 11.5. The van der Waals surface area contributed by atoms with Crippen molar-refractivity contribution in [2.45, 2.75) is 13.0 Å². The minimum atomic E-state index is -0.698. The summed E-state index contributed by atoms with van der Waals surface area (Å²) in [5, 5.41) is 10.5. The fourth-order valence-electron chi connectivity index (χ4n) is 1.82. The van der Waals surface area contributed by atoms with Gasteiger partial charge >= 0.3 is 0 Å². The van der Waals surface area contributed by atoms with Crippen LogP contribution >= 0.6 is 27.3 Å². The van der Waals surface area contributed by atoms with Crippen LogP contribution in [0.4, 0.5) is 0 Å². The van der Waals surface area contributed by atoms with Crippen molar-refractivity contribution in [1.29, 1.82) is 0 Å². The van der Waals surface area contributed by atoms with E-state index < -0.39 is 6.10 Å². The van der Waals surface area contributed by atoms with E-state index in [0.717, 1.165) is 19.8 Å². The van der Waals surface area contributed by atoms with Gasteiger partial charge in [0.2, 0.25) is 0 Å². The molecule has 19 heavy (non-hydrogen) atoms. The minimum absolute atomic E-state index is 0.619. The van der Waals surface area contributed by atoms with Gasteiger partial charge in [-0.1, -0.05) is 0 Å². The number of ether oxygens (including phenoxy) is 2. The molecule has 0 aliphatic heterocycles. The highest BCUT2D eigenvalue weighted by Crippen LogP contribution is 2.38. The Labute approximate surface area is 124 Å². The number of aryl methyl sites for hydroxylation is 1. The van der Waals surface area contributed by atoms with Crippen LogP contribution < -0.4 is 9.47 Å². The number of methoxy groups -OCH3 is 2. The van der Waals surface area contributed by atoms with Crippen LogP contribution in [-0.4, -0.2) is 19.3 Å². The SMILES string of the molecule is COc1ccc(C(O)c2cc(C)c(Br)s2)c(OC)c1. The Morgan fingerprint density at radius 2 is 1.95 bits per heavy atom. The summed E-state index contributed by atoms with van der Waals surface area (Å²) in [7, 11) is 3.19. The fourth-order valence-corrected chi connectivity index (χ4v) is 3.39. The van der Waals surface area contributed by atoms with Gasteiger partial charge in [-0.05, 0) is 46.6 Å². The summed E-state index contributed by atoms with van der Waals surface area (Å²) in [5.41, 5.74) is 1.85. The Morgan fingerprint density at radius 1 is 1.21 bits per heavy atom. The van der Waals surface area contributed by atoms with Gasteiger partial charge in [0, 0.05) is 16.5 Å². The number of rotatable bonds is 4. The molecular formula is C14H15BrO3S. The first kappa shape index (κ1) is 14.4. The van der Waals surface area contributed by atoms with E-state index >= 15 is 0 Å². The van der Waals surface area contributed by atoms with Gasteiger partial charge in [0.15, 0.2) is 0 Å². The summed E-state index contributed by atoms with van der Waals surface area (Å²) in [6.07, 6.45) is -0.698. The van der Waals surface area contributed by atoms with E-state index in [1.807, 2.05) is 25.1 Å². The molecule has 3 nitrogen and oxygen atoms in total. The van der Waals surface area contributed by atoms with E-state index in [1.165, 1.54) is 11.3 Å². The molecule has 1 aromatic heterocycles. The monoisotopic (exact) mass is 342 g/mol. The lowest BCUT2D eigenvalue weighted by molar-refractivity contribution is 0.218. The van der Waals surface area contributed by atoms with Gasteiger partial charge in [0.1, 0.15) is 17.6 Å². The normalized spacial score (nSPS) is 12.3. The molecule has 1 unspecified atom stereocenters. The number of hydrogen-bond acceptors (Lipinski definition) is 4. The highest BCUT2D eigenvalue weighted by atomic mass is 79.9. The predicted octanol–water partition coefficient (Wildman–Crippen LogP) is 3.92. The predicted molar refractivity (Wildman–Crippen MR) is 80.4 cm³/mol. The number of aliphatic hydroxyl groups is 1. The highest BCUT2D eigenvalue weighted by molar-refractivity contribution is 9.11. The Kier molecular flexibility index (Phi) is 4.50. The van der Waals surface area contributed by atoms with Crippen molar-refractivity contribution in [2.75, 3.05) is 14.2 Å². The van der Waals surface area contributed by atoms with Crippen molar-refractivity contribution in [2.24, 2.45) is 0 Å². The lowest BCUT2D eigenvalue weighted by atomic mass is 10.1. The smallest absolute Gasteiger partial charge is 0.128 e. The summed E-state index contributed by atoms with van der Waals surface area (Å²) in [4.78, 5) is 0.882. The molecule has 1 heterocycles. The molecule has 0 bridgehead atoms. The summed E-state index contributed by atoms with van der Waals surface area (Å²) in [6, 6.07) is 7.39. The van der Waals surface area contributed by atoms with Crippen LogP contribution in [0.3, 0.4) is 0 Å². The molecule has 2 aromatic rings. The Balaban J connectivity index is 2.40. The standard InChI is InChI=1S/C14H15BrO3S/c1-8-6-12(19-14(8)15)13(16)10-5-4-9(17-2)7-11(10)18-3/h4-7,13,16H,1-3H3. The largest absolute Gasteiger partial charge is 0.497 e. The average molecular weight is 343 g/mol. The molecule has 0 amide bonds. The van der Waals surface area contributed by atoms with Gasteiger partial charge in [0.25, 0.3) is 0 Å². The number of benzene rings is 1. The van der Waals surface area contributed by atoms with Gasteiger partial charge in [0.05, 0.1) is 18.0 Å². The lowest BCUT2D eigenvalue weighted by Crippen LogP contribution is -2.01. The lowest BCUT2D eigenvalue weighted by Gasteiger charge is -2.14. The van der Waals surface area contributed by atoms with E-state index in [9.17, 15) is 5.11 Å². The molecule has 0 aliphatic rings. The number of aliphatic hydroxyl groups excluding tert-OH is 1. The summed E-state index contributed by atoms with van der Waals surface area (Å²) >= 11 is 5.00. The number of hydrogen-bond donors (Lipinski definition) is 1. The van der Waals surface area contributed by atoms with Crippen LogP contribution in [0.15, 0.2) is 28.1 Å². The molecule has 0 saturated heterocycles. The third kappa shape index (κ3) is 2.94. The average Bonchev–Trinajstić information content (AvgIpc) is 2.77. The van der Waals surface area contributed by atoms with Crippen molar-refractivity contribution in [3.8, 4) is 11.5 Å². The molecule has 1 atom stereocenters. The van der Waals surface area contributed by atoms with E-state index in [4.69, 9.17) is 9.47 Å². The highest BCUT2D eigenvalue weighted by Gasteiger charge is 2.19. The first-order valence-corrected chi connectivity index (χ1v) is 7.33. The quantitative estimate of drug-likeness (QED) is 0.915. The third-order valence-corrected chi connectivity index (χ3v) is 5.07. The van der Waals surface area contributed by atoms with Gasteiger partial charge < -0.3 is 14.6 Å². The van der Waals surface area contributed by atoms with E-state index in [0.29, 0.717) is 11.5 Å². The van der Waals surface area contributed by atoms with Crippen LogP contribution in [0.5, 0.6) is 11.5 Å². The van der Waals surface area contributed by atoms with Gasteiger partial charge in [-0.2, -0.15) is 0 Å². The summed E-state index contributed by atoms with van der Waals surface area (Å²) in [5.74, 6) is 1.32. The van der Waals surface area contributed by atoms with Gasteiger partial charge in [-0.15, -0.1) is 11.3 Å². The number of halogens is 1. The molecule has 1 N–H and O–H groups in total. The maximum atomic E-state index is 10.5. The van der Waals surface area contributed by atoms with Crippen molar-refractivity contribution in [3.05, 3.63) is 44.1 Å². The molecule has 2 rings (SSSR count). The molecule has 0 radical (unpaired) electrons. The van der Waals surface area contributed by atoms with Crippen molar-refractivity contribution in [3.63, 3.8) is 0 Å². The van der Waals surface area contributed by atoms with Crippen LogP contribution in [0.1, 0.15) is 22.1 Å². The maximum Gasteiger partial charge on any atom is 0.128 e. The molecule has 0 saturated carbocycles. The minimum Gasteiger partial charge on any atom is -0.497 e. The number of thiophene rings is 1. The van der Waals surface area contributed by atoms with Gasteiger partial charge in [-0.3, -0.25) is 0 Å². The molecule has 5 heteroatoms. The van der Waals surface area contributed by atoms with Crippen molar-refractivity contribution in [1.82, 2.24) is 0 Å². The topological polar surface area (TPSA) is 38.7 Å².